The zero-order valence-electron chi connectivity index (χ0n) is 12.1. The van der Waals surface area contributed by atoms with E-state index in [4.69, 9.17) is 0 Å². The Bertz CT molecular complexity index is 620. The normalized spacial score (nSPS) is 10.5. The van der Waals surface area contributed by atoms with Crippen LogP contribution in [0.5, 0.6) is 0 Å². The molecule has 0 spiro atoms. The van der Waals surface area contributed by atoms with Crippen LogP contribution in [-0.2, 0) is 4.79 Å². The molecule has 8 heteroatoms. The Hall–Kier alpha value is -1.12. The SMILES string of the molecule is CCCCNc1nnc(SCC(=O)Nc2ccccc2Br)s1. The zero-order chi connectivity index (χ0) is 15.8. The second-order valence-electron chi connectivity index (χ2n) is 4.47. The number of nitrogens with zero attached hydrogens (tertiary/aromatic N) is 2. The zero-order valence-corrected chi connectivity index (χ0v) is 15.4. The molecule has 0 saturated carbocycles. The van der Waals surface area contributed by atoms with Crippen molar-refractivity contribution < 1.29 is 4.79 Å². The van der Waals surface area contributed by atoms with Gasteiger partial charge >= 0.3 is 0 Å². The maximum absolute atomic E-state index is 11.9. The first-order valence-electron chi connectivity index (χ1n) is 6.93. The summed E-state index contributed by atoms with van der Waals surface area (Å²) in [7, 11) is 0. The van der Waals surface area contributed by atoms with Crippen molar-refractivity contribution in [2.45, 2.75) is 24.1 Å². The van der Waals surface area contributed by atoms with Crippen molar-refractivity contribution in [1.82, 2.24) is 10.2 Å². The molecule has 0 bridgehead atoms. The molecule has 1 heterocycles. The second kappa shape index (κ2) is 9.12. The van der Waals surface area contributed by atoms with Gasteiger partial charge in [0, 0.05) is 11.0 Å². The van der Waals surface area contributed by atoms with E-state index in [0.29, 0.717) is 5.75 Å². The summed E-state index contributed by atoms with van der Waals surface area (Å²) in [4.78, 5) is 11.9. The summed E-state index contributed by atoms with van der Waals surface area (Å²) in [5.41, 5.74) is 0.771. The van der Waals surface area contributed by atoms with E-state index in [2.05, 4.69) is 43.7 Å². The smallest absolute Gasteiger partial charge is 0.234 e. The van der Waals surface area contributed by atoms with Crippen molar-refractivity contribution in [2.24, 2.45) is 0 Å². The third-order valence-corrected chi connectivity index (χ3v) is 5.39. The molecule has 1 aromatic heterocycles. The average Bonchev–Trinajstić information content (AvgIpc) is 2.96. The number of hydrogen-bond acceptors (Lipinski definition) is 6. The maximum Gasteiger partial charge on any atom is 0.234 e. The second-order valence-corrected chi connectivity index (χ2v) is 7.52. The number of nitrogens with one attached hydrogen (secondary N) is 2. The number of anilines is 2. The standard InChI is InChI=1S/C14H17BrN4OS2/c1-2-3-8-16-13-18-19-14(22-13)21-9-12(20)17-11-7-5-4-6-10(11)15/h4-7H,2-3,8-9H2,1H3,(H,16,18)(H,17,20). The molecule has 0 atom stereocenters. The van der Waals surface area contributed by atoms with Gasteiger partial charge in [0.05, 0.1) is 11.4 Å². The number of unbranched alkanes of at least 4 members (excludes halogenated alkanes) is 1. The van der Waals surface area contributed by atoms with E-state index in [1.807, 2.05) is 24.3 Å². The Morgan fingerprint density at radius 2 is 2.18 bits per heavy atom. The van der Waals surface area contributed by atoms with E-state index in [1.54, 1.807) is 0 Å². The summed E-state index contributed by atoms with van der Waals surface area (Å²) in [6.07, 6.45) is 2.25. The van der Waals surface area contributed by atoms with Gasteiger partial charge in [-0.1, -0.05) is 48.6 Å². The van der Waals surface area contributed by atoms with Crippen LogP contribution in [0.1, 0.15) is 19.8 Å². The van der Waals surface area contributed by atoms with Gasteiger partial charge in [0.25, 0.3) is 0 Å². The number of rotatable bonds is 8. The predicted octanol–water partition coefficient (Wildman–Crippen LogP) is 4.24. The lowest BCUT2D eigenvalue weighted by Crippen LogP contribution is -2.14. The summed E-state index contributed by atoms with van der Waals surface area (Å²) in [5, 5.41) is 15.0. The first-order chi connectivity index (χ1) is 10.7. The summed E-state index contributed by atoms with van der Waals surface area (Å²) in [5.74, 6) is 0.248. The van der Waals surface area contributed by atoms with Gasteiger partial charge in [-0.05, 0) is 34.5 Å². The summed E-state index contributed by atoms with van der Waals surface area (Å²) in [6.45, 7) is 3.05. The third-order valence-electron chi connectivity index (χ3n) is 2.69. The third kappa shape index (κ3) is 5.58. The van der Waals surface area contributed by atoms with Crippen LogP contribution in [-0.4, -0.2) is 28.4 Å². The molecule has 1 amide bonds. The fourth-order valence-electron chi connectivity index (χ4n) is 1.59. The minimum Gasteiger partial charge on any atom is -0.360 e. The van der Waals surface area contributed by atoms with Crippen molar-refractivity contribution >= 4 is 55.8 Å². The molecule has 2 aromatic rings. The van der Waals surface area contributed by atoms with Crippen molar-refractivity contribution in [2.75, 3.05) is 22.9 Å². The number of benzene rings is 1. The van der Waals surface area contributed by atoms with Crippen molar-refractivity contribution in [3.8, 4) is 0 Å². The van der Waals surface area contributed by atoms with Crippen molar-refractivity contribution in [3.63, 3.8) is 0 Å². The quantitative estimate of drug-likeness (QED) is 0.512. The van der Waals surface area contributed by atoms with Gasteiger partial charge in [-0.3, -0.25) is 4.79 Å². The fraction of sp³-hybridized carbons (Fsp3) is 0.357. The molecule has 0 aliphatic heterocycles. The van der Waals surface area contributed by atoms with Crippen LogP contribution in [0.2, 0.25) is 0 Å². The Labute approximate surface area is 146 Å². The van der Waals surface area contributed by atoms with Crippen molar-refractivity contribution in [3.05, 3.63) is 28.7 Å². The summed E-state index contributed by atoms with van der Waals surface area (Å²) >= 11 is 6.27. The number of hydrogen-bond donors (Lipinski definition) is 2. The van der Waals surface area contributed by atoms with Gasteiger partial charge in [0.1, 0.15) is 0 Å². The van der Waals surface area contributed by atoms with Gasteiger partial charge in [-0.15, -0.1) is 10.2 Å². The first kappa shape index (κ1) is 17.2. The topological polar surface area (TPSA) is 66.9 Å². The Balaban J connectivity index is 1.78. The average molecular weight is 401 g/mol. The molecule has 0 fully saturated rings. The molecular formula is C14H17BrN4OS2. The lowest BCUT2D eigenvalue weighted by molar-refractivity contribution is -0.113. The highest BCUT2D eigenvalue weighted by molar-refractivity contribution is 9.10. The molecule has 0 aliphatic rings. The number of thioether (sulfide) groups is 1. The highest BCUT2D eigenvalue weighted by Gasteiger charge is 2.09. The largest absolute Gasteiger partial charge is 0.360 e. The number of para-hydroxylation sites is 1. The highest BCUT2D eigenvalue weighted by Crippen LogP contribution is 2.26. The molecule has 2 N–H and O–H groups in total. The molecule has 5 nitrogen and oxygen atoms in total. The van der Waals surface area contributed by atoms with E-state index in [1.165, 1.54) is 23.1 Å². The van der Waals surface area contributed by atoms with E-state index >= 15 is 0 Å². The molecule has 22 heavy (non-hydrogen) atoms. The Kier molecular flexibility index (Phi) is 7.14. The first-order valence-corrected chi connectivity index (χ1v) is 9.53. The molecular weight excluding hydrogens is 384 g/mol. The lowest BCUT2D eigenvalue weighted by atomic mass is 10.3. The van der Waals surface area contributed by atoms with E-state index in [9.17, 15) is 4.79 Å². The molecule has 2 rings (SSSR count). The minimum absolute atomic E-state index is 0.0624. The van der Waals surface area contributed by atoms with Crippen LogP contribution in [0.25, 0.3) is 0 Å². The Morgan fingerprint density at radius 1 is 1.36 bits per heavy atom. The molecule has 0 aliphatic carbocycles. The maximum atomic E-state index is 11.9. The number of carbonyl (C=O) groups excluding carboxylic acids is 1. The molecule has 1 aromatic carbocycles. The van der Waals surface area contributed by atoms with Crippen LogP contribution in [0.4, 0.5) is 10.8 Å². The minimum atomic E-state index is -0.0624. The van der Waals surface area contributed by atoms with E-state index < -0.39 is 0 Å². The summed E-state index contributed by atoms with van der Waals surface area (Å²) in [6, 6.07) is 7.53. The lowest BCUT2D eigenvalue weighted by Gasteiger charge is -2.05. The van der Waals surface area contributed by atoms with Crippen LogP contribution in [0, 0.1) is 0 Å². The van der Waals surface area contributed by atoms with Gasteiger partial charge in [0.15, 0.2) is 4.34 Å². The van der Waals surface area contributed by atoms with E-state index in [0.717, 1.165) is 39.0 Å². The molecule has 0 radical (unpaired) electrons. The number of halogens is 1. The summed E-state index contributed by atoms with van der Waals surface area (Å²) < 4.78 is 1.66. The van der Waals surface area contributed by atoms with Gasteiger partial charge in [-0.25, -0.2) is 0 Å². The number of aromatic nitrogens is 2. The van der Waals surface area contributed by atoms with Crippen LogP contribution < -0.4 is 10.6 Å². The Morgan fingerprint density at radius 3 is 2.95 bits per heavy atom. The van der Waals surface area contributed by atoms with Crippen LogP contribution in [0.15, 0.2) is 33.1 Å². The van der Waals surface area contributed by atoms with Crippen molar-refractivity contribution in [1.29, 1.82) is 0 Å². The fourth-order valence-corrected chi connectivity index (χ4v) is 3.55. The molecule has 0 unspecified atom stereocenters. The van der Waals surface area contributed by atoms with Gasteiger partial charge < -0.3 is 10.6 Å². The molecule has 0 saturated heterocycles. The van der Waals surface area contributed by atoms with Crippen LogP contribution in [0.3, 0.4) is 0 Å². The monoisotopic (exact) mass is 400 g/mol. The van der Waals surface area contributed by atoms with Gasteiger partial charge in [-0.2, -0.15) is 0 Å². The van der Waals surface area contributed by atoms with E-state index in [-0.39, 0.29) is 5.91 Å². The van der Waals surface area contributed by atoms with Crippen LogP contribution >= 0.6 is 39.0 Å². The number of carbonyl (C=O) groups is 1. The predicted molar refractivity (Wildman–Crippen MR) is 96.8 cm³/mol. The highest BCUT2D eigenvalue weighted by atomic mass is 79.9. The van der Waals surface area contributed by atoms with Gasteiger partial charge in [0.2, 0.25) is 11.0 Å². The number of amides is 1. The molecule has 118 valence electrons.